The molecule has 0 spiro atoms. The lowest BCUT2D eigenvalue weighted by Gasteiger charge is -2.02. The highest BCUT2D eigenvalue weighted by molar-refractivity contribution is 6.00. The monoisotopic (exact) mass is 281 g/mol. The van der Waals surface area contributed by atoms with Gasteiger partial charge < -0.3 is 9.52 Å². The zero-order chi connectivity index (χ0) is 15.0. The Hall–Kier alpha value is -2.62. The third kappa shape index (κ3) is 2.52. The van der Waals surface area contributed by atoms with E-state index in [0.29, 0.717) is 23.4 Å². The van der Waals surface area contributed by atoms with Gasteiger partial charge in [0.05, 0.1) is 5.56 Å². The van der Waals surface area contributed by atoms with E-state index in [9.17, 15) is 4.79 Å². The van der Waals surface area contributed by atoms with Crippen LogP contribution in [-0.2, 0) is 6.42 Å². The van der Waals surface area contributed by atoms with E-state index < -0.39 is 5.97 Å². The van der Waals surface area contributed by atoms with Crippen molar-refractivity contribution in [2.24, 2.45) is 0 Å². The summed E-state index contributed by atoms with van der Waals surface area (Å²) < 4.78 is 5.66. The summed E-state index contributed by atoms with van der Waals surface area (Å²) in [5.74, 6) is -0.464. The number of nitrogens with zero attached hydrogens (tertiary/aromatic N) is 1. The molecule has 106 valence electrons. The number of carboxylic acid groups (broad SMARTS) is 1. The normalized spacial score (nSPS) is 11.0. The molecule has 4 nitrogen and oxygen atoms in total. The van der Waals surface area contributed by atoms with Gasteiger partial charge in [0.1, 0.15) is 5.52 Å². The molecule has 1 heterocycles. The first-order valence-corrected chi connectivity index (χ1v) is 6.72. The van der Waals surface area contributed by atoms with Crippen molar-refractivity contribution in [2.45, 2.75) is 20.3 Å². The molecule has 0 amide bonds. The van der Waals surface area contributed by atoms with E-state index >= 15 is 0 Å². The second-order valence-electron chi connectivity index (χ2n) is 5.16. The van der Waals surface area contributed by atoms with Gasteiger partial charge in [0.25, 0.3) is 0 Å². The second-order valence-corrected chi connectivity index (χ2v) is 5.16. The number of fused-ring (bicyclic) bond motifs is 1. The van der Waals surface area contributed by atoms with Crippen molar-refractivity contribution in [1.29, 1.82) is 0 Å². The number of aromatic nitrogens is 1. The van der Waals surface area contributed by atoms with Crippen LogP contribution in [0.15, 0.2) is 40.8 Å². The van der Waals surface area contributed by atoms with Gasteiger partial charge in [-0.3, -0.25) is 0 Å². The van der Waals surface area contributed by atoms with Crippen molar-refractivity contribution in [3.63, 3.8) is 0 Å². The molecule has 3 aromatic rings. The van der Waals surface area contributed by atoms with E-state index in [2.05, 4.69) is 31.0 Å². The molecule has 3 rings (SSSR count). The maximum atomic E-state index is 11.2. The maximum absolute atomic E-state index is 11.2. The smallest absolute Gasteiger partial charge is 0.338 e. The summed E-state index contributed by atoms with van der Waals surface area (Å²) >= 11 is 0. The average Bonchev–Trinajstić information content (AvgIpc) is 2.84. The van der Waals surface area contributed by atoms with Crippen LogP contribution in [0.4, 0.5) is 0 Å². The molecule has 4 heteroatoms. The first-order valence-electron chi connectivity index (χ1n) is 6.72. The average molecular weight is 281 g/mol. The highest BCUT2D eigenvalue weighted by atomic mass is 16.4. The van der Waals surface area contributed by atoms with Crippen molar-refractivity contribution < 1.29 is 14.3 Å². The van der Waals surface area contributed by atoms with Crippen LogP contribution in [0.25, 0.3) is 11.1 Å². The van der Waals surface area contributed by atoms with Crippen LogP contribution in [0.3, 0.4) is 0 Å². The summed E-state index contributed by atoms with van der Waals surface area (Å²) in [4.78, 5) is 15.5. The molecule has 1 N–H and O–H groups in total. The van der Waals surface area contributed by atoms with E-state index in [-0.39, 0.29) is 5.56 Å². The molecule has 0 saturated heterocycles. The Balaban J connectivity index is 1.99. The Labute approximate surface area is 122 Å². The van der Waals surface area contributed by atoms with Crippen LogP contribution in [0.1, 0.15) is 32.9 Å². The van der Waals surface area contributed by atoms with Gasteiger partial charge in [0, 0.05) is 6.42 Å². The first-order chi connectivity index (χ1) is 10.0. The standard InChI is InChI=1S/C17H15NO3/c1-10-6-7-12(8-11(10)2)9-15-18-16-13(17(19)20)4-3-5-14(16)21-15/h3-8H,9H2,1-2H3,(H,19,20). The third-order valence-corrected chi connectivity index (χ3v) is 3.62. The van der Waals surface area contributed by atoms with Crippen LogP contribution in [0, 0.1) is 13.8 Å². The molecule has 0 bridgehead atoms. The molecule has 21 heavy (non-hydrogen) atoms. The molecule has 0 atom stereocenters. The lowest BCUT2D eigenvalue weighted by atomic mass is 10.0. The molecule has 0 aliphatic rings. The third-order valence-electron chi connectivity index (χ3n) is 3.62. The van der Waals surface area contributed by atoms with E-state index in [1.165, 1.54) is 17.2 Å². The molecular weight excluding hydrogens is 266 g/mol. The number of aryl methyl sites for hydroxylation is 2. The van der Waals surface area contributed by atoms with Gasteiger partial charge in [-0.2, -0.15) is 0 Å². The van der Waals surface area contributed by atoms with Crippen molar-refractivity contribution >= 4 is 17.1 Å². The number of rotatable bonds is 3. The molecule has 0 aliphatic carbocycles. The zero-order valence-electron chi connectivity index (χ0n) is 11.9. The number of hydrogen-bond acceptors (Lipinski definition) is 3. The van der Waals surface area contributed by atoms with Crippen LogP contribution in [0.5, 0.6) is 0 Å². The predicted molar refractivity (Wildman–Crippen MR) is 79.7 cm³/mol. The Kier molecular flexibility index (Phi) is 3.22. The summed E-state index contributed by atoms with van der Waals surface area (Å²) in [7, 11) is 0. The van der Waals surface area contributed by atoms with Crippen molar-refractivity contribution in [3.05, 3.63) is 64.5 Å². The van der Waals surface area contributed by atoms with Gasteiger partial charge in [-0.05, 0) is 42.7 Å². The number of oxazole rings is 1. The second kappa shape index (κ2) is 5.05. The minimum atomic E-state index is -0.994. The summed E-state index contributed by atoms with van der Waals surface area (Å²) in [6.45, 7) is 4.13. The molecule has 0 saturated carbocycles. The van der Waals surface area contributed by atoms with Gasteiger partial charge in [0.15, 0.2) is 11.5 Å². The Bertz CT molecular complexity index is 833. The maximum Gasteiger partial charge on any atom is 0.338 e. The number of hydrogen-bond donors (Lipinski definition) is 1. The largest absolute Gasteiger partial charge is 0.478 e. The summed E-state index contributed by atoms with van der Waals surface area (Å²) in [5.41, 5.74) is 4.64. The number of aromatic carboxylic acids is 1. The number of carboxylic acids is 1. The number of benzene rings is 2. The fourth-order valence-electron chi connectivity index (χ4n) is 2.33. The quantitative estimate of drug-likeness (QED) is 0.794. The zero-order valence-corrected chi connectivity index (χ0v) is 11.9. The van der Waals surface area contributed by atoms with E-state index in [1.54, 1.807) is 12.1 Å². The Morgan fingerprint density at radius 3 is 2.71 bits per heavy atom. The van der Waals surface area contributed by atoms with Gasteiger partial charge in [-0.1, -0.05) is 24.3 Å². The lowest BCUT2D eigenvalue weighted by Crippen LogP contribution is -1.97. The first kappa shape index (κ1) is 13.4. The van der Waals surface area contributed by atoms with E-state index in [4.69, 9.17) is 9.52 Å². The van der Waals surface area contributed by atoms with Gasteiger partial charge in [-0.25, -0.2) is 9.78 Å². The Morgan fingerprint density at radius 1 is 1.19 bits per heavy atom. The fourth-order valence-corrected chi connectivity index (χ4v) is 2.33. The topological polar surface area (TPSA) is 63.3 Å². The minimum Gasteiger partial charge on any atom is -0.478 e. The molecule has 0 radical (unpaired) electrons. The van der Waals surface area contributed by atoms with Crippen molar-refractivity contribution in [2.75, 3.05) is 0 Å². The van der Waals surface area contributed by atoms with Gasteiger partial charge in [0.2, 0.25) is 0 Å². The van der Waals surface area contributed by atoms with Crippen LogP contribution < -0.4 is 0 Å². The SMILES string of the molecule is Cc1ccc(Cc2nc3c(C(=O)O)cccc3o2)cc1C. The van der Waals surface area contributed by atoms with E-state index in [1.807, 2.05) is 6.07 Å². The minimum absolute atomic E-state index is 0.169. The molecule has 2 aromatic carbocycles. The van der Waals surface area contributed by atoms with Gasteiger partial charge in [-0.15, -0.1) is 0 Å². The fraction of sp³-hybridized carbons (Fsp3) is 0.176. The number of carbonyl (C=O) groups is 1. The highest BCUT2D eigenvalue weighted by Crippen LogP contribution is 2.22. The van der Waals surface area contributed by atoms with Crippen LogP contribution >= 0.6 is 0 Å². The summed E-state index contributed by atoms with van der Waals surface area (Å²) in [5, 5.41) is 9.17. The molecule has 0 aliphatic heterocycles. The highest BCUT2D eigenvalue weighted by Gasteiger charge is 2.14. The van der Waals surface area contributed by atoms with E-state index in [0.717, 1.165) is 5.56 Å². The molecule has 0 fully saturated rings. The van der Waals surface area contributed by atoms with Gasteiger partial charge >= 0.3 is 5.97 Å². The Morgan fingerprint density at radius 2 is 2.00 bits per heavy atom. The molecule has 0 unspecified atom stereocenters. The van der Waals surface area contributed by atoms with Crippen LogP contribution in [0.2, 0.25) is 0 Å². The van der Waals surface area contributed by atoms with Crippen molar-refractivity contribution in [1.82, 2.24) is 4.98 Å². The molecule has 1 aromatic heterocycles. The van der Waals surface area contributed by atoms with Crippen molar-refractivity contribution in [3.8, 4) is 0 Å². The number of para-hydroxylation sites is 1. The molecular formula is C17H15NO3. The lowest BCUT2D eigenvalue weighted by molar-refractivity contribution is 0.0699. The van der Waals surface area contributed by atoms with Crippen LogP contribution in [-0.4, -0.2) is 16.1 Å². The predicted octanol–water partition coefficient (Wildman–Crippen LogP) is 3.73. The summed E-state index contributed by atoms with van der Waals surface area (Å²) in [6.07, 6.45) is 0.550. The summed E-state index contributed by atoms with van der Waals surface area (Å²) in [6, 6.07) is 11.1.